The summed E-state index contributed by atoms with van der Waals surface area (Å²) in [7, 11) is 0. The molecule has 0 aliphatic heterocycles. The molecule has 3 N–H and O–H groups in total. The Hall–Kier alpha value is -1.06. The van der Waals surface area contributed by atoms with Crippen LogP contribution in [0, 0.1) is 0 Å². The van der Waals surface area contributed by atoms with Gasteiger partial charge in [0.25, 0.3) is 0 Å². The first-order valence-electron chi connectivity index (χ1n) is 6.34. The zero-order valence-electron chi connectivity index (χ0n) is 10.6. The van der Waals surface area contributed by atoms with E-state index in [9.17, 15) is 0 Å². The van der Waals surface area contributed by atoms with Crippen LogP contribution in [0.15, 0.2) is 24.3 Å². The normalized spacial score (nSPS) is 12.4. The van der Waals surface area contributed by atoms with Gasteiger partial charge in [0.05, 0.1) is 0 Å². The summed E-state index contributed by atoms with van der Waals surface area (Å²) in [6.07, 6.45) is 4.14. The van der Waals surface area contributed by atoms with Gasteiger partial charge < -0.3 is 15.6 Å². The van der Waals surface area contributed by atoms with E-state index < -0.39 is 0 Å². The van der Waals surface area contributed by atoms with Gasteiger partial charge in [0.1, 0.15) is 12.4 Å². The zero-order valence-corrected chi connectivity index (χ0v) is 10.6. The molecule has 3 nitrogen and oxygen atoms in total. The molecule has 1 atom stereocenters. The molecule has 0 aliphatic rings. The van der Waals surface area contributed by atoms with Crippen molar-refractivity contribution in [2.24, 2.45) is 5.73 Å². The molecule has 0 fully saturated rings. The average molecular weight is 237 g/mol. The minimum Gasteiger partial charge on any atom is -0.492 e. The Bertz CT molecular complexity index is 298. The van der Waals surface area contributed by atoms with E-state index in [4.69, 9.17) is 15.6 Å². The Morgan fingerprint density at radius 3 is 2.59 bits per heavy atom. The third-order valence-corrected chi connectivity index (χ3v) is 2.71. The van der Waals surface area contributed by atoms with E-state index in [0.29, 0.717) is 13.0 Å². The Morgan fingerprint density at radius 1 is 1.29 bits per heavy atom. The highest BCUT2D eigenvalue weighted by Crippen LogP contribution is 2.14. The molecule has 3 heteroatoms. The first-order chi connectivity index (χ1) is 8.26. The number of hydrogen-bond donors (Lipinski definition) is 2. The van der Waals surface area contributed by atoms with Crippen molar-refractivity contribution >= 4 is 0 Å². The van der Waals surface area contributed by atoms with Crippen molar-refractivity contribution in [1.82, 2.24) is 0 Å². The van der Waals surface area contributed by atoms with Crippen molar-refractivity contribution in [3.63, 3.8) is 0 Å². The lowest BCUT2D eigenvalue weighted by Crippen LogP contribution is -2.28. The smallest absolute Gasteiger partial charge is 0.119 e. The SMILES string of the molecule is CCCCc1ccc(OCC(N)CCO)cc1. The summed E-state index contributed by atoms with van der Waals surface area (Å²) >= 11 is 0. The number of aryl methyl sites for hydroxylation is 1. The van der Waals surface area contributed by atoms with Gasteiger partial charge >= 0.3 is 0 Å². The predicted molar refractivity (Wildman–Crippen MR) is 70.2 cm³/mol. The van der Waals surface area contributed by atoms with Crippen LogP contribution in [-0.4, -0.2) is 24.4 Å². The molecule has 0 aliphatic carbocycles. The molecule has 0 aromatic heterocycles. The molecule has 0 saturated heterocycles. The summed E-state index contributed by atoms with van der Waals surface area (Å²) in [5.74, 6) is 0.846. The molecule has 0 heterocycles. The van der Waals surface area contributed by atoms with Crippen LogP contribution < -0.4 is 10.5 Å². The highest BCUT2D eigenvalue weighted by molar-refractivity contribution is 5.27. The highest BCUT2D eigenvalue weighted by atomic mass is 16.5. The van der Waals surface area contributed by atoms with Gasteiger partial charge in [0.15, 0.2) is 0 Å². The van der Waals surface area contributed by atoms with E-state index in [1.807, 2.05) is 12.1 Å². The van der Waals surface area contributed by atoms with Gasteiger partial charge in [-0.05, 0) is 37.0 Å². The zero-order chi connectivity index (χ0) is 12.5. The van der Waals surface area contributed by atoms with Crippen LogP contribution in [0.4, 0.5) is 0 Å². The number of aliphatic hydroxyl groups is 1. The largest absolute Gasteiger partial charge is 0.492 e. The van der Waals surface area contributed by atoms with Crippen molar-refractivity contribution < 1.29 is 9.84 Å². The molecule has 1 aromatic rings. The van der Waals surface area contributed by atoms with Crippen molar-refractivity contribution in [3.8, 4) is 5.75 Å². The second-order valence-electron chi connectivity index (χ2n) is 4.33. The molecular formula is C14H23NO2. The molecule has 0 bridgehead atoms. The second kappa shape index (κ2) is 8.09. The summed E-state index contributed by atoms with van der Waals surface area (Å²) < 4.78 is 5.54. The average Bonchev–Trinajstić information content (AvgIpc) is 2.35. The fourth-order valence-corrected chi connectivity index (χ4v) is 1.59. The van der Waals surface area contributed by atoms with Gasteiger partial charge in [-0.1, -0.05) is 25.5 Å². The fourth-order valence-electron chi connectivity index (χ4n) is 1.59. The van der Waals surface area contributed by atoms with Crippen molar-refractivity contribution in [2.45, 2.75) is 38.6 Å². The molecule has 1 rings (SSSR count). The maximum atomic E-state index is 8.72. The van der Waals surface area contributed by atoms with Gasteiger partial charge in [-0.15, -0.1) is 0 Å². The van der Waals surface area contributed by atoms with Crippen LogP contribution in [0.5, 0.6) is 5.75 Å². The number of ether oxygens (including phenoxy) is 1. The number of nitrogens with two attached hydrogens (primary N) is 1. The van der Waals surface area contributed by atoms with E-state index in [1.54, 1.807) is 0 Å². The minimum atomic E-state index is -0.0974. The van der Waals surface area contributed by atoms with Gasteiger partial charge in [0, 0.05) is 12.6 Å². The van der Waals surface area contributed by atoms with Crippen LogP contribution in [0.25, 0.3) is 0 Å². The van der Waals surface area contributed by atoms with Crippen molar-refractivity contribution in [1.29, 1.82) is 0 Å². The van der Waals surface area contributed by atoms with Gasteiger partial charge in [0.2, 0.25) is 0 Å². The summed E-state index contributed by atoms with van der Waals surface area (Å²) in [4.78, 5) is 0. The maximum Gasteiger partial charge on any atom is 0.119 e. The summed E-state index contributed by atoms with van der Waals surface area (Å²) in [5.41, 5.74) is 7.09. The third-order valence-electron chi connectivity index (χ3n) is 2.71. The quantitative estimate of drug-likeness (QED) is 0.728. The number of benzene rings is 1. The van der Waals surface area contributed by atoms with Crippen molar-refractivity contribution in [3.05, 3.63) is 29.8 Å². The highest BCUT2D eigenvalue weighted by Gasteiger charge is 2.02. The van der Waals surface area contributed by atoms with E-state index in [-0.39, 0.29) is 12.6 Å². The monoisotopic (exact) mass is 237 g/mol. The summed E-state index contributed by atoms with van der Waals surface area (Å²) in [6, 6.07) is 8.07. The van der Waals surface area contributed by atoms with Gasteiger partial charge in [-0.3, -0.25) is 0 Å². The first kappa shape index (κ1) is 14.0. The minimum absolute atomic E-state index is 0.0974. The van der Waals surface area contributed by atoms with E-state index in [2.05, 4.69) is 19.1 Å². The number of rotatable bonds is 8. The van der Waals surface area contributed by atoms with Crippen LogP contribution in [0.3, 0.4) is 0 Å². The van der Waals surface area contributed by atoms with Crippen LogP contribution in [-0.2, 0) is 6.42 Å². The fraction of sp³-hybridized carbons (Fsp3) is 0.571. The molecular weight excluding hydrogens is 214 g/mol. The number of hydrogen-bond acceptors (Lipinski definition) is 3. The van der Waals surface area contributed by atoms with Crippen LogP contribution in [0.1, 0.15) is 31.7 Å². The molecule has 0 radical (unpaired) electrons. The molecule has 0 saturated carbocycles. The lowest BCUT2D eigenvalue weighted by Gasteiger charge is -2.12. The van der Waals surface area contributed by atoms with Crippen LogP contribution in [0.2, 0.25) is 0 Å². The summed E-state index contributed by atoms with van der Waals surface area (Å²) in [5, 5.41) is 8.72. The van der Waals surface area contributed by atoms with Gasteiger partial charge in [-0.25, -0.2) is 0 Å². The topological polar surface area (TPSA) is 55.5 Å². The van der Waals surface area contributed by atoms with E-state index >= 15 is 0 Å². The van der Waals surface area contributed by atoms with E-state index in [1.165, 1.54) is 18.4 Å². The molecule has 17 heavy (non-hydrogen) atoms. The number of aliphatic hydroxyl groups excluding tert-OH is 1. The second-order valence-corrected chi connectivity index (χ2v) is 4.33. The summed E-state index contributed by atoms with van der Waals surface area (Å²) in [6.45, 7) is 2.76. The lowest BCUT2D eigenvalue weighted by molar-refractivity contribution is 0.233. The lowest BCUT2D eigenvalue weighted by atomic mass is 10.1. The Morgan fingerprint density at radius 2 is 2.00 bits per heavy atom. The predicted octanol–water partition coefficient (Wildman–Crippen LogP) is 2.12. The Kier molecular flexibility index (Phi) is 6.67. The Balaban J connectivity index is 2.34. The molecule has 1 unspecified atom stereocenters. The van der Waals surface area contributed by atoms with Gasteiger partial charge in [-0.2, -0.15) is 0 Å². The van der Waals surface area contributed by atoms with Crippen molar-refractivity contribution in [2.75, 3.05) is 13.2 Å². The molecule has 96 valence electrons. The van der Waals surface area contributed by atoms with E-state index in [0.717, 1.165) is 12.2 Å². The standard InChI is InChI=1S/C14H23NO2/c1-2-3-4-12-5-7-14(8-6-12)17-11-13(15)9-10-16/h5-8,13,16H,2-4,9-11,15H2,1H3. The van der Waals surface area contributed by atoms with Crippen LogP contribution >= 0.6 is 0 Å². The molecule has 0 amide bonds. The number of unbranched alkanes of at least 4 members (excludes halogenated alkanes) is 1. The molecule has 1 aromatic carbocycles. The molecule has 0 spiro atoms. The Labute approximate surface area is 104 Å². The third kappa shape index (κ3) is 5.71. The first-order valence-corrected chi connectivity index (χ1v) is 6.34. The maximum absolute atomic E-state index is 8.72.